The van der Waals surface area contributed by atoms with E-state index in [-0.39, 0.29) is 24.5 Å². The molecule has 1 unspecified atom stereocenters. The Morgan fingerprint density at radius 3 is 2.57 bits per heavy atom. The summed E-state index contributed by atoms with van der Waals surface area (Å²) >= 11 is 0. The average Bonchev–Trinajstić information content (AvgIpc) is 2.38. The lowest BCUT2D eigenvalue weighted by molar-refractivity contribution is -0.137. The van der Waals surface area contributed by atoms with Gasteiger partial charge in [-0.1, -0.05) is 18.2 Å². The predicted molar refractivity (Wildman–Crippen MR) is 76.9 cm³/mol. The van der Waals surface area contributed by atoms with E-state index in [0.717, 1.165) is 0 Å². The van der Waals surface area contributed by atoms with Gasteiger partial charge in [-0.2, -0.15) is 0 Å². The first-order chi connectivity index (χ1) is 9.87. The van der Waals surface area contributed by atoms with E-state index in [2.05, 4.69) is 5.32 Å². The van der Waals surface area contributed by atoms with Crippen molar-refractivity contribution in [2.45, 2.75) is 12.5 Å². The number of carboxylic acids is 1. The molecule has 0 spiro atoms. The highest BCUT2D eigenvalue weighted by Gasteiger charge is 2.35. The van der Waals surface area contributed by atoms with E-state index in [1.165, 1.54) is 4.90 Å². The molecule has 2 amide bonds. The molecule has 7 nitrogen and oxygen atoms in total. The van der Waals surface area contributed by atoms with Crippen LogP contribution in [0.2, 0.25) is 0 Å². The van der Waals surface area contributed by atoms with Crippen LogP contribution in [-0.2, 0) is 14.6 Å². The maximum atomic E-state index is 12.2. The second-order valence-corrected chi connectivity index (χ2v) is 7.08. The number of anilines is 1. The molecule has 0 aromatic heterocycles. The number of sulfone groups is 1. The molecule has 1 heterocycles. The Kier molecular flexibility index (Phi) is 4.46. The normalized spacial score (nSPS) is 20.8. The van der Waals surface area contributed by atoms with Gasteiger partial charge in [0.2, 0.25) is 0 Å². The Balaban J connectivity index is 2.11. The summed E-state index contributed by atoms with van der Waals surface area (Å²) in [5, 5.41) is 11.5. The van der Waals surface area contributed by atoms with Crippen molar-refractivity contribution in [3.05, 3.63) is 30.3 Å². The Hall–Kier alpha value is -2.09. The van der Waals surface area contributed by atoms with Crippen LogP contribution < -0.4 is 5.32 Å². The molecule has 21 heavy (non-hydrogen) atoms. The topological polar surface area (TPSA) is 104 Å². The zero-order chi connectivity index (χ0) is 15.5. The van der Waals surface area contributed by atoms with E-state index in [1.54, 1.807) is 30.3 Å². The van der Waals surface area contributed by atoms with Crippen LogP contribution in [-0.4, -0.2) is 54.5 Å². The van der Waals surface area contributed by atoms with Crippen LogP contribution in [0, 0.1) is 0 Å². The zero-order valence-corrected chi connectivity index (χ0v) is 12.0. The first-order valence-electron chi connectivity index (χ1n) is 6.42. The molecule has 0 bridgehead atoms. The van der Waals surface area contributed by atoms with E-state index in [1.807, 2.05) is 0 Å². The van der Waals surface area contributed by atoms with Gasteiger partial charge >= 0.3 is 12.0 Å². The minimum absolute atomic E-state index is 0.00104. The minimum atomic E-state index is -3.30. The summed E-state index contributed by atoms with van der Waals surface area (Å²) in [6, 6.07) is 7.38. The van der Waals surface area contributed by atoms with Gasteiger partial charge in [-0.3, -0.25) is 4.79 Å². The average molecular weight is 312 g/mol. The fourth-order valence-corrected chi connectivity index (χ4v) is 3.77. The van der Waals surface area contributed by atoms with Gasteiger partial charge in [-0.05, 0) is 12.1 Å². The van der Waals surface area contributed by atoms with Gasteiger partial charge < -0.3 is 15.3 Å². The molecule has 1 aromatic rings. The Bertz CT molecular complexity index is 629. The number of hydrogen-bond acceptors (Lipinski definition) is 4. The number of carboxylic acid groups (broad SMARTS) is 1. The van der Waals surface area contributed by atoms with Gasteiger partial charge in [0.25, 0.3) is 0 Å². The summed E-state index contributed by atoms with van der Waals surface area (Å²) in [4.78, 5) is 24.3. The van der Waals surface area contributed by atoms with Gasteiger partial charge in [0.1, 0.15) is 0 Å². The molecule has 1 atom stereocenters. The van der Waals surface area contributed by atoms with Crippen LogP contribution in [0.1, 0.15) is 6.42 Å². The standard InChI is InChI=1S/C13H16N2O5S/c16-12(17)8-11-9-21(19,20)7-6-15(11)13(18)14-10-4-2-1-3-5-10/h1-5,11H,6-9H2,(H,14,18)(H,16,17). The number of nitrogens with one attached hydrogen (secondary N) is 1. The number of urea groups is 1. The third-order valence-electron chi connectivity index (χ3n) is 3.23. The number of aliphatic carboxylic acids is 1. The molecule has 0 aliphatic carbocycles. The predicted octanol–water partition coefficient (Wildman–Crippen LogP) is 0.792. The molecule has 1 fully saturated rings. The molecule has 114 valence electrons. The SMILES string of the molecule is O=C(O)CC1CS(=O)(=O)CCN1C(=O)Nc1ccccc1. The highest BCUT2D eigenvalue weighted by atomic mass is 32.2. The third-order valence-corrected chi connectivity index (χ3v) is 4.92. The van der Waals surface area contributed by atoms with Crippen molar-refractivity contribution >= 4 is 27.5 Å². The maximum Gasteiger partial charge on any atom is 0.322 e. The van der Waals surface area contributed by atoms with E-state index >= 15 is 0 Å². The second-order valence-electron chi connectivity index (χ2n) is 4.86. The van der Waals surface area contributed by atoms with Gasteiger partial charge in [-0.25, -0.2) is 13.2 Å². The van der Waals surface area contributed by atoms with Gasteiger partial charge in [0.05, 0.1) is 24.0 Å². The maximum absolute atomic E-state index is 12.2. The highest BCUT2D eigenvalue weighted by Crippen LogP contribution is 2.17. The van der Waals surface area contributed by atoms with Crippen molar-refractivity contribution in [2.24, 2.45) is 0 Å². The van der Waals surface area contributed by atoms with Crippen LogP contribution in [0.5, 0.6) is 0 Å². The monoisotopic (exact) mass is 312 g/mol. The van der Waals surface area contributed by atoms with Crippen LogP contribution in [0.4, 0.5) is 10.5 Å². The second kappa shape index (κ2) is 6.13. The fourth-order valence-electron chi connectivity index (χ4n) is 2.24. The van der Waals surface area contributed by atoms with Crippen molar-refractivity contribution < 1.29 is 23.1 Å². The van der Waals surface area contributed by atoms with Gasteiger partial charge in [0, 0.05) is 12.2 Å². The van der Waals surface area contributed by atoms with Crippen LogP contribution in [0.25, 0.3) is 0 Å². The number of carbonyl (C=O) groups excluding carboxylic acids is 1. The fraction of sp³-hybridized carbons (Fsp3) is 0.385. The summed E-state index contributed by atoms with van der Waals surface area (Å²) in [6.45, 7) is -0.00104. The zero-order valence-electron chi connectivity index (χ0n) is 11.2. The largest absolute Gasteiger partial charge is 0.481 e. The lowest BCUT2D eigenvalue weighted by Crippen LogP contribution is -2.53. The molecule has 1 aromatic carbocycles. The smallest absolute Gasteiger partial charge is 0.322 e. The van der Waals surface area contributed by atoms with Gasteiger partial charge in [0.15, 0.2) is 9.84 Å². The molecular weight excluding hydrogens is 296 g/mol. The quantitative estimate of drug-likeness (QED) is 0.859. The number of para-hydroxylation sites is 1. The molecular formula is C13H16N2O5S. The van der Waals surface area contributed by atoms with E-state index in [4.69, 9.17) is 5.11 Å². The molecule has 0 saturated carbocycles. The van der Waals surface area contributed by atoms with E-state index < -0.39 is 27.9 Å². The summed E-state index contributed by atoms with van der Waals surface area (Å²) < 4.78 is 23.2. The number of carbonyl (C=O) groups is 2. The molecule has 1 saturated heterocycles. The van der Waals surface area contributed by atoms with Crippen molar-refractivity contribution in [1.82, 2.24) is 4.90 Å². The lowest BCUT2D eigenvalue weighted by atomic mass is 10.2. The number of amides is 2. The van der Waals surface area contributed by atoms with Crippen LogP contribution >= 0.6 is 0 Å². The number of rotatable bonds is 3. The Labute approximate surface area is 122 Å². The molecule has 2 rings (SSSR count). The van der Waals surface area contributed by atoms with Crippen LogP contribution in [0.15, 0.2) is 30.3 Å². The lowest BCUT2D eigenvalue weighted by Gasteiger charge is -2.34. The van der Waals surface area contributed by atoms with Crippen molar-refractivity contribution in [2.75, 3.05) is 23.4 Å². The van der Waals surface area contributed by atoms with Crippen LogP contribution in [0.3, 0.4) is 0 Å². The highest BCUT2D eigenvalue weighted by molar-refractivity contribution is 7.91. The van der Waals surface area contributed by atoms with E-state index in [0.29, 0.717) is 5.69 Å². The third kappa shape index (κ3) is 4.19. The molecule has 1 aliphatic heterocycles. The Morgan fingerprint density at radius 1 is 1.29 bits per heavy atom. The van der Waals surface area contributed by atoms with Gasteiger partial charge in [-0.15, -0.1) is 0 Å². The van der Waals surface area contributed by atoms with Crippen molar-refractivity contribution in [3.63, 3.8) is 0 Å². The molecule has 2 N–H and O–H groups in total. The van der Waals surface area contributed by atoms with Crippen molar-refractivity contribution in [1.29, 1.82) is 0 Å². The summed E-state index contributed by atoms with van der Waals surface area (Å²) in [6.07, 6.45) is -0.387. The minimum Gasteiger partial charge on any atom is -0.481 e. The molecule has 1 aliphatic rings. The van der Waals surface area contributed by atoms with E-state index in [9.17, 15) is 18.0 Å². The van der Waals surface area contributed by atoms with Crippen molar-refractivity contribution in [3.8, 4) is 0 Å². The molecule has 8 heteroatoms. The first kappa shape index (κ1) is 15.3. The number of nitrogens with zero attached hydrogens (tertiary/aromatic N) is 1. The summed E-state index contributed by atoms with van der Waals surface area (Å²) in [7, 11) is -3.30. The first-order valence-corrected chi connectivity index (χ1v) is 8.24. The Morgan fingerprint density at radius 2 is 1.95 bits per heavy atom. The number of benzene rings is 1. The summed E-state index contributed by atoms with van der Waals surface area (Å²) in [5.41, 5.74) is 0.574. The molecule has 0 radical (unpaired) electrons. The summed E-state index contributed by atoms with van der Waals surface area (Å²) in [5.74, 6) is -1.60. The number of hydrogen-bond donors (Lipinski definition) is 2.